The van der Waals surface area contributed by atoms with Gasteiger partial charge in [-0.15, -0.1) is 0 Å². The minimum atomic E-state index is -4.48. The van der Waals surface area contributed by atoms with Gasteiger partial charge in [0.15, 0.2) is 0 Å². The predicted octanol–water partition coefficient (Wildman–Crippen LogP) is 4.16. The second kappa shape index (κ2) is 6.35. The molecule has 0 saturated heterocycles. The zero-order valence-electron chi connectivity index (χ0n) is 11.4. The maximum atomic E-state index is 12.7. The SMILES string of the molecule is CC(C)CNC(=O)N(C)c1cc(C(F)(F)F)ccc1Cl. The number of rotatable bonds is 3. The first-order valence-corrected chi connectivity index (χ1v) is 6.39. The van der Waals surface area contributed by atoms with E-state index in [1.54, 1.807) is 0 Å². The Balaban J connectivity index is 2.97. The van der Waals surface area contributed by atoms with Gasteiger partial charge in [0.25, 0.3) is 0 Å². The molecule has 0 radical (unpaired) electrons. The van der Waals surface area contributed by atoms with Crippen LogP contribution in [-0.2, 0) is 6.18 Å². The Hall–Kier alpha value is -1.43. The lowest BCUT2D eigenvalue weighted by atomic mass is 10.2. The molecule has 1 N–H and O–H groups in total. The van der Waals surface area contributed by atoms with Crippen LogP contribution in [0.15, 0.2) is 18.2 Å². The quantitative estimate of drug-likeness (QED) is 0.893. The average molecular weight is 309 g/mol. The molecule has 0 aliphatic heterocycles. The summed E-state index contributed by atoms with van der Waals surface area (Å²) >= 11 is 5.86. The van der Waals surface area contributed by atoms with Crippen molar-refractivity contribution in [2.24, 2.45) is 5.92 Å². The molecule has 0 unspecified atom stereocenters. The van der Waals surface area contributed by atoms with Gasteiger partial charge < -0.3 is 5.32 Å². The molecule has 7 heteroatoms. The van der Waals surface area contributed by atoms with Crippen LogP contribution in [0.5, 0.6) is 0 Å². The zero-order valence-corrected chi connectivity index (χ0v) is 12.1. The van der Waals surface area contributed by atoms with Crippen LogP contribution in [0.3, 0.4) is 0 Å². The highest BCUT2D eigenvalue weighted by Crippen LogP contribution is 2.35. The lowest BCUT2D eigenvalue weighted by Crippen LogP contribution is -2.39. The molecule has 0 saturated carbocycles. The minimum absolute atomic E-state index is 0.0164. The Kier molecular flexibility index (Phi) is 5.28. The third-order valence-electron chi connectivity index (χ3n) is 2.60. The first-order chi connectivity index (χ1) is 9.12. The molecular weight excluding hydrogens is 293 g/mol. The highest BCUT2D eigenvalue weighted by atomic mass is 35.5. The van der Waals surface area contributed by atoms with Crippen molar-refractivity contribution in [2.45, 2.75) is 20.0 Å². The van der Waals surface area contributed by atoms with Crippen molar-refractivity contribution in [3.63, 3.8) is 0 Å². The average Bonchev–Trinajstić information content (AvgIpc) is 2.34. The van der Waals surface area contributed by atoms with Crippen LogP contribution in [0.1, 0.15) is 19.4 Å². The van der Waals surface area contributed by atoms with E-state index in [2.05, 4.69) is 5.32 Å². The number of anilines is 1. The molecule has 0 bridgehead atoms. The van der Waals surface area contributed by atoms with E-state index < -0.39 is 17.8 Å². The van der Waals surface area contributed by atoms with Gasteiger partial charge in [-0.2, -0.15) is 13.2 Å². The lowest BCUT2D eigenvalue weighted by Gasteiger charge is -2.21. The smallest absolute Gasteiger partial charge is 0.337 e. The Morgan fingerprint density at radius 2 is 2.00 bits per heavy atom. The summed E-state index contributed by atoms with van der Waals surface area (Å²) in [6, 6.07) is 2.37. The molecule has 0 heterocycles. The van der Waals surface area contributed by atoms with Gasteiger partial charge in [-0.25, -0.2) is 4.79 Å². The number of amides is 2. The van der Waals surface area contributed by atoms with E-state index in [1.165, 1.54) is 7.05 Å². The van der Waals surface area contributed by atoms with Crippen molar-refractivity contribution in [3.8, 4) is 0 Å². The maximum absolute atomic E-state index is 12.7. The molecule has 0 atom stereocenters. The summed E-state index contributed by atoms with van der Waals surface area (Å²) in [6.07, 6.45) is -4.48. The summed E-state index contributed by atoms with van der Waals surface area (Å²) in [4.78, 5) is 12.9. The summed E-state index contributed by atoms with van der Waals surface area (Å²) in [5, 5.41) is 2.70. The largest absolute Gasteiger partial charge is 0.416 e. The summed E-state index contributed by atoms with van der Waals surface area (Å²) in [7, 11) is 1.37. The third kappa shape index (κ3) is 4.30. The Labute approximate surface area is 120 Å². The molecular formula is C13H16ClF3N2O. The molecule has 20 heavy (non-hydrogen) atoms. The van der Waals surface area contributed by atoms with Crippen LogP contribution in [0.2, 0.25) is 5.02 Å². The van der Waals surface area contributed by atoms with Crippen LogP contribution in [0.4, 0.5) is 23.7 Å². The number of nitrogens with zero attached hydrogens (tertiary/aromatic N) is 1. The lowest BCUT2D eigenvalue weighted by molar-refractivity contribution is -0.137. The molecule has 0 fully saturated rings. The number of carbonyl (C=O) groups is 1. The van der Waals surface area contributed by atoms with Gasteiger partial charge in [0.2, 0.25) is 0 Å². The number of hydrogen-bond donors (Lipinski definition) is 1. The van der Waals surface area contributed by atoms with Gasteiger partial charge in [-0.05, 0) is 24.1 Å². The van der Waals surface area contributed by atoms with Gasteiger partial charge in [-0.1, -0.05) is 25.4 Å². The van der Waals surface area contributed by atoms with Crippen molar-refractivity contribution < 1.29 is 18.0 Å². The first kappa shape index (κ1) is 16.6. The standard InChI is InChI=1S/C13H16ClF3N2O/c1-8(2)7-18-12(20)19(3)11-6-9(13(15,16)17)4-5-10(11)14/h4-6,8H,7H2,1-3H3,(H,18,20). The fourth-order valence-corrected chi connectivity index (χ4v) is 1.71. The predicted molar refractivity (Wildman–Crippen MR) is 73.1 cm³/mol. The van der Waals surface area contributed by atoms with E-state index in [9.17, 15) is 18.0 Å². The van der Waals surface area contributed by atoms with E-state index in [-0.39, 0.29) is 16.6 Å². The van der Waals surface area contributed by atoms with Crippen LogP contribution in [0.25, 0.3) is 0 Å². The van der Waals surface area contributed by atoms with E-state index in [0.29, 0.717) is 6.54 Å². The Morgan fingerprint density at radius 3 is 2.50 bits per heavy atom. The normalized spacial score (nSPS) is 11.6. The highest BCUT2D eigenvalue weighted by molar-refractivity contribution is 6.33. The van der Waals surface area contributed by atoms with E-state index in [4.69, 9.17) is 11.6 Å². The summed E-state index contributed by atoms with van der Waals surface area (Å²) in [5.41, 5.74) is -0.830. The number of hydrogen-bond acceptors (Lipinski definition) is 1. The first-order valence-electron chi connectivity index (χ1n) is 6.01. The Bertz CT molecular complexity index is 489. The van der Waals surface area contributed by atoms with Crippen molar-refractivity contribution in [1.29, 1.82) is 0 Å². The summed E-state index contributed by atoms with van der Waals surface area (Å²) in [6.45, 7) is 4.26. The van der Waals surface area contributed by atoms with Gasteiger partial charge >= 0.3 is 12.2 Å². The van der Waals surface area contributed by atoms with E-state index in [1.807, 2.05) is 13.8 Å². The zero-order chi connectivity index (χ0) is 15.5. The molecule has 0 aliphatic rings. The number of carbonyl (C=O) groups excluding carboxylic acids is 1. The van der Waals surface area contributed by atoms with Crippen molar-refractivity contribution in [3.05, 3.63) is 28.8 Å². The second-order valence-corrected chi connectivity index (χ2v) is 5.21. The topological polar surface area (TPSA) is 32.3 Å². The monoisotopic (exact) mass is 308 g/mol. The molecule has 0 aliphatic carbocycles. The number of alkyl halides is 3. The molecule has 1 rings (SSSR count). The summed E-state index contributed by atoms with van der Waals surface area (Å²) < 4.78 is 38.0. The second-order valence-electron chi connectivity index (χ2n) is 4.80. The molecule has 1 aromatic rings. The number of urea groups is 1. The summed E-state index contributed by atoms with van der Waals surface area (Å²) in [5.74, 6) is 0.240. The van der Waals surface area contributed by atoms with Gasteiger partial charge in [0, 0.05) is 13.6 Å². The fraction of sp³-hybridized carbons (Fsp3) is 0.462. The molecule has 1 aromatic carbocycles. The van der Waals surface area contributed by atoms with Crippen molar-refractivity contribution in [1.82, 2.24) is 5.32 Å². The number of halogens is 4. The number of benzene rings is 1. The minimum Gasteiger partial charge on any atom is -0.337 e. The van der Waals surface area contributed by atoms with E-state index in [0.717, 1.165) is 23.1 Å². The molecule has 0 spiro atoms. The van der Waals surface area contributed by atoms with Crippen molar-refractivity contribution >= 4 is 23.3 Å². The maximum Gasteiger partial charge on any atom is 0.416 e. The third-order valence-corrected chi connectivity index (χ3v) is 2.92. The van der Waals surface area contributed by atoms with Crippen LogP contribution in [-0.4, -0.2) is 19.6 Å². The van der Waals surface area contributed by atoms with Crippen LogP contribution < -0.4 is 10.2 Å². The molecule has 3 nitrogen and oxygen atoms in total. The van der Waals surface area contributed by atoms with Gasteiger partial charge in [-0.3, -0.25) is 4.90 Å². The molecule has 2 amide bonds. The Morgan fingerprint density at radius 1 is 1.40 bits per heavy atom. The highest BCUT2D eigenvalue weighted by Gasteiger charge is 2.31. The van der Waals surface area contributed by atoms with Crippen LogP contribution in [0, 0.1) is 5.92 Å². The fourth-order valence-electron chi connectivity index (χ4n) is 1.47. The molecule has 0 aromatic heterocycles. The van der Waals surface area contributed by atoms with Crippen LogP contribution >= 0.6 is 11.6 Å². The number of nitrogens with one attached hydrogen (secondary N) is 1. The van der Waals surface area contributed by atoms with Crippen molar-refractivity contribution in [2.75, 3.05) is 18.5 Å². The van der Waals surface area contributed by atoms with Gasteiger partial charge in [0.1, 0.15) is 0 Å². The van der Waals surface area contributed by atoms with Gasteiger partial charge in [0.05, 0.1) is 16.3 Å². The molecule has 112 valence electrons. The van der Waals surface area contributed by atoms with E-state index >= 15 is 0 Å².